The highest BCUT2D eigenvalue weighted by Crippen LogP contribution is 2.42. The number of nitrogens with one attached hydrogen (secondary N) is 1. The molecule has 2 heterocycles. The maximum Gasteiger partial charge on any atom is 0.177 e. The number of fused-ring (bicyclic) bond motifs is 1. The molecular formula is C14H16ClNO2. The molecule has 0 aliphatic carbocycles. The molecule has 2 aromatic rings. The Labute approximate surface area is 111 Å². The topological polar surface area (TPSA) is 34.4 Å². The van der Waals surface area contributed by atoms with E-state index in [4.69, 9.17) is 20.8 Å². The van der Waals surface area contributed by atoms with Gasteiger partial charge in [-0.25, -0.2) is 0 Å². The van der Waals surface area contributed by atoms with Crippen LogP contribution in [0.2, 0.25) is 5.02 Å². The van der Waals surface area contributed by atoms with E-state index in [9.17, 15) is 0 Å². The van der Waals surface area contributed by atoms with Crippen LogP contribution < -0.4 is 10.1 Å². The third-order valence-corrected chi connectivity index (χ3v) is 4.23. The minimum absolute atomic E-state index is 0.0736. The number of hydrogen-bond donors (Lipinski definition) is 1. The van der Waals surface area contributed by atoms with Crippen LogP contribution >= 0.6 is 11.6 Å². The Balaban J connectivity index is 2.25. The van der Waals surface area contributed by atoms with Crippen LogP contribution in [-0.4, -0.2) is 13.7 Å². The van der Waals surface area contributed by atoms with Crippen LogP contribution in [0.15, 0.2) is 22.8 Å². The van der Waals surface area contributed by atoms with Gasteiger partial charge in [0.2, 0.25) is 0 Å². The first kappa shape index (κ1) is 11.9. The molecule has 3 nitrogen and oxygen atoms in total. The van der Waals surface area contributed by atoms with E-state index in [0.29, 0.717) is 5.58 Å². The van der Waals surface area contributed by atoms with Crippen LogP contribution in [0.4, 0.5) is 0 Å². The van der Waals surface area contributed by atoms with Crippen molar-refractivity contribution in [2.45, 2.75) is 25.3 Å². The van der Waals surface area contributed by atoms with Crippen LogP contribution in [0.25, 0.3) is 11.0 Å². The van der Waals surface area contributed by atoms with Crippen molar-refractivity contribution in [3.8, 4) is 5.75 Å². The van der Waals surface area contributed by atoms with E-state index >= 15 is 0 Å². The van der Waals surface area contributed by atoms with E-state index in [1.165, 1.54) is 6.42 Å². The second-order valence-electron chi connectivity index (χ2n) is 4.97. The van der Waals surface area contributed by atoms with Crippen LogP contribution in [-0.2, 0) is 5.54 Å². The summed E-state index contributed by atoms with van der Waals surface area (Å²) in [5.74, 6) is 0.740. The van der Waals surface area contributed by atoms with Crippen molar-refractivity contribution in [3.63, 3.8) is 0 Å². The van der Waals surface area contributed by atoms with Gasteiger partial charge in [-0.2, -0.15) is 0 Å². The quantitative estimate of drug-likeness (QED) is 0.899. The van der Waals surface area contributed by atoms with Gasteiger partial charge in [0.1, 0.15) is 0 Å². The third kappa shape index (κ3) is 1.62. The molecule has 1 atom stereocenters. The summed E-state index contributed by atoms with van der Waals surface area (Å²) in [4.78, 5) is 0. The van der Waals surface area contributed by atoms with Gasteiger partial charge in [0.25, 0.3) is 0 Å². The van der Waals surface area contributed by atoms with Crippen molar-refractivity contribution in [1.29, 1.82) is 0 Å². The predicted molar refractivity (Wildman–Crippen MR) is 72.4 cm³/mol. The molecule has 4 heteroatoms. The molecular weight excluding hydrogens is 250 g/mol. The smallest absolute Gasteiger partial charge is 0.177 e. The van der Waals surface area contributed by atoms with Crippen LogP contribution in [0.1, 0.15) is 25.3 Å². The van der Waals surface area contributed by atoms with Gasteiger partial charge in [-0.05, 0) is 44.0 Å². The summed E-state index contributed by atoms with van der Waals surface area (Å²) in [6.45, 7) is 3.21. The molecule has 0 amide bonds. The average Bonchev–Trinajstić information content (AvgIpc) is 2.99. The highest BCUT2D eigenvalue weighted by atomic mass is 35.5. The molecule has 1 aromatic heterocycles. The van der Waals surface area contributed by atoms with Crippen LogP contribution in [0, 0.1) is 0 Å². The Bertz CT molecular complexity index is 585. The lowest BCUT2D eigenvalue weighted by molar-refractivity contribution is 0.401. The normalized spacial score (nSPS) is 23.7. The fraction of sp³-hybridized carbons (Fsp3) is 0.429. The standard InChI is InChI=1S/C14H16ClNO2/c1-14(5-3-6-16-14)10-8-11(17-2)13-9(12(10)15)4-7-18-13/h4,7-8,16H,3,5-6H2,1-2H3. The van der Waals surface area contributed by atoms with Crippen LogP contribution in [0.5, 0.6) is 5.75 Å². The van der Waals surface area contributed by atoms with Gasteiger partial charge in [-0.1, -0.05) is 11.6 Å². The van der Waals surface area contributed by atoms with E-state index in [2.05, 4.69) is 12.2 Å². The summed E-state index contributed by atoms with van der Waals surface area (Å²) < 4.78 is 10.8. The van der Waals surface area contributed by atoms with Crippen molar-refractivity contribution < 1.29 is 9.15 Å². The number of ether oxygens (including phenoxy) is 1. The number of furan rings is 1. The SMILES string of the molecule is COc1cc(C2(C)CCCN2)c(Cl)c2ccoc12. The predicted octanol–water partition coefficient (Wildman–Crippen LogP) is 3.69. The highest BCUT2D eigenvalue weighted by molar-refractivity contribution is 6.36. The van der Waals surface area contributed by atoms with Crippen molar-refractivity contribution in [2.24, 2.45) is 0 Å². The lowest BCUT2D eigenvalue weighted by Gasteiger charge is -2.26. The second-order valence-corrected chi connectivity index (χ2v) is 5.34. The van der Waals surface area contributed by atoms with Crippen molar-refractivity contribution in [1.82, 2.24) is 5.32 Å². The van der Waals surface area contributed by atoms with Gasteiger partial charge in [-0.15, -0.1) is 0 Å². The molecule has 0 saturated carbocycles. The summed E-state index contributed by atoms with van der Waals surface area (Å²) in [6, 6.07) is 3.88. The molecule has 18 heavy (non-hydrogen) atoms. The molecule has 1 N–H and O–H groups in total. The second kappa shape index (κ2) is 4.18. The fourth-order valence-corrected chi connectivity index (χ4v) is 3.17. The zero-order valence-electron chi connectivity index (χ0n) is 10.5. The molecule has 1 fully saturated rings. The Morgan fingerprint density at radius 2 is 2.33 bits per heavy atom. The first-order chi connectivity index (χ1) is 8.65. The number of halogens is 1. The summed E-state index contributed by atoms with van der Waals surface area (Å²) in [5.41, 5.74) is 1.73. The first-order valence-corrected chi connectivity index (χ1v) is 6.53. The summed E-state index contributed by atoms with van der Waals surface area (Å²) in [5, 5.41) is 5.21. The molecule has 1 saturated heterocycles. The molecule has 0 spiro atoms. The van der Waals surface area contributed by atoms with Gasteiger partial charge in [-0.3, -0.25) is 0 Å². The Hall–Kier alpha value is -1.19. The molecule has 0 radical (unpaired) electrons. The van der Waals surface area contributed by atoms with Gasteiger partial charge < -0.3 is 14.5 Å². The largest absolute Gasteiger partial charge is 0.493 e. The summed E-state index contributed by atoms with van der Waals surface area (Å²) in [7, 11) is 1.65. The zero-order chi connectivity index (χ0) is 12.8. The van der Waals surface area contributed by atoms with E-state index in [0.717, 1.165) is 34.7 Å². The van der Waals surface area contributed by atoms with E-state index in [1.54, 1.807) is 13.4 Å². The number of rotatable bonds is 2. The molecule has 1 aliphatic heterocycles. The maximum absolute atomic E-state index is 6.53. The van der Waals surface area contributed by atoms with Crippen molar-refractivity contribution >= 4 is 22.6 Å². The molecule has 1 unspecified atom stereocenters. The average molecular weight is 266 g/mol. The van der Waals surface area contributed by atoms with Gasteiger partial charge in [0.15, 0.2) is 11.3 Å². The van der Waals surface area contributed by atoms with Gasteiger partial charge >= 0.3 is 0 Å². The van der Waals surface area contributed by atoms with E-state index in [1.807, 2.05) is 12.1 Å². The minimum atomic E-state index is -0.0736. The molecule has 1 aromatic carbocycles. The van der Waals surface area contributed by atoms with Crippen molar-refractivity contribution in [3.05, 3.63) is 29.0 Å². The third-order valence-electron chi connectivity index (χ3n) is 3.82. The zero-order valence-corrected chi connectivity index (χ0v) is 11.3. The minimum Gasteiger partial charge on any atom is -0.493 e. The molecule has 0 bridgehead atoms. The lowest BCUT2D eigenvalue weighted by Crippen LogP contribution is -2.33. The number of methoxy groups -OCH3 is 1. The molecule has 3 rings (SSSR count). The van der Waals surface area contributed by atoms with Gasteiger partial charge in [0, 0.05) is 10.9 Å². The lowest BCUT2D eigenvalue weighted by atomic mass is 9.89. The van der Waals surface area contributed by atoms with Crippen molar-refractivity contribution in [2.75, 3.05) is 13.7 Å². The molecule has 1 aliphatic rings. The van der Waals surface area contributed by atoms with E-state index < -0.39 is 0 Å². The number of benzene rings is 1. The first-order valence-electron chi connectivity index (χ1n) is 6.15. The Kier molecular flexibility index (Phi) is 2.76. The number of hydrogen-bond acceptors (Lipinski definition) is 3. The fourth-order valence-electron chi connectivity index (χ4n) is 2.76. The molecule has 96 valence electrons. The highest BCUT2D eigenvalue weighted by Gasteiger charge is 2.33. The van der Waals surface area contributed by atoms with Gasteiger partial charge in [0.05, 0.1) is 18.4 Å². The monoisotopic (exact) mass is 265 g/mol. The van der Waals surface area contributed by atoms with E-state index in [-0.39, 0.29) is 5.54 Å². The maximum atomic E-state index is 6.53. The Morgan fingerprint density at radius 1 is 1.50 bits per heavy atom. The Morgan fingerprint density at radius 3 is 3.00 bits per heavy atom. The summed E-state index contributed by atoms with van der Waals surface area (Å²) in [6.07, 6.45) is 3.89. The summed E-state index contributed by atoms with van der Waals surface area (Å²) >= 11 is 6.53. The van der Waals surface area contributed by atoms with Crippen LogP contribution in [0.3, 0.4) is 0 Å².